The van der Waals surface area contributed by atoms with Crippen molar-refractivity contribution in [1.29, 1.82) is 0 Å². The molecule has 0 N–H and O–H groups in total. The van der Waals surface area contributed by atoms with Crippen LogP contribution < -0.4 is 0 Å². The summed E-state index contributed by atoms with van der Waals surface area (Å²) in [4.78, 5) is 6.69. The highest BCUT2D eigenvalue weighted by molar-refractivity contribution is 14.1. The van der Waals surface area contributed by atoms with Gasteiger partial charge >= 0.3 is 0 Å². The molecule has 0 aromatic carbocycles. The number of halogens is 1. The lowest BCUT2D eigenvalue weighted by molar-refractivity contribution is 0.292. The predicted molar refractivity (Wildman–Crippen MR) is 63.6 cm³/mol. The van der Waals surface area contributed by atoms with E-state index in [9.17, 15) is 0 Å². The van der Waals surface area contributed by atoms with Crippen LogP contribution in [0.1, 0.15) is 19.5 Å². The Morgan fingerprint density at radius 3 is 2.62 bits per heavy atom. The molecule has 0 aliphatic carbocycles. The molecule has 0 amide bonds. The van der Waals surface area contributed by atoms with Crippen LogP contribution in [-0.4, -0.2) is 23.0 Å². The summed E-state index contributed by atoms with van der Waals surface area (Å²) in [5.41, 5.74) is 1.16. The number of pyridine rings is 1. The molecule has 0 radical (unpaired) electrons. The molecular weight excluding hydrogens is 275 g/mol. The second kappa shape index (κ2) is 5.54. The van der Waals surface area contributed by atoms with Gasteiger partial charge in [-0.05, 0) is 47.8 Å². The lowest BCUT2D eigenvalue weighted by Crippen LogP contribution is -2.22. The Labute approximate surface area is 93.5 Å². The molecular formula is C10H15IN2. The third kappa shape index (κ3) is 3.60. The summed E-state index contributed by atoms with van der Waals surface area (Å²) in [7, 11) is 0. The van der Waals surface area contributed by atoms with Crippen LogP contribution in [0.2, 0.25) is 0 Å². The highest BCUT2D eigenvalue weighted by atomic mass is 127. The van der Waals surface area contributed by atoms with Gasteiger partial charge in [0.25, 0.3) is 0 Å². The van der Waals surface area contributed by atoms with E-state index in [-0.39, 0.29) is 0 Å². The van der Waals surface area contributed by atoms with Gasteiger partial charge in [-0.3, -0.25) is 9.88 Å². The Hall–Kier alpha value is -0.160. The molecule has 0 aliphatic heterocycles. The molecule has 2 nitrogen and oxygen atoms in total. The minimum absolute atomic E-state index is 0.962. The van der Waals surface area contributed by atoms with Crippen LogP contribution in [0.4, 0.5) is 0 Å². The smallest absolute Gasteiger partial charge is 0.0554 e. The Morgan fingerprint density at radius 1 is 1.38 bits per heavy atom. The van der Waals surface area contributed by atoms with Gasteiger partial charge in [0, 0.05) is 16.3 Å². The van der Waals surface area contributed by atoms with Crippen LogP contribution >= 0.6 is 22.6 Å². The van der Waals surface area contributed by atoms with E-state index in [4.69, 9.17) is 0 Å². The third-order valence-electron chi connectivity index (χ3n) is 2.06. The second-order valence-electron chi connectivity index (χ2n) is 2.93. The Bertz CT molecular complexity index is 259. The molecule has 1 rings (SSSR count). The van der Waals surface area contributed by atoms with Gasteiger partial charge in [-0.2, -0.15) is 0 Å². The molecule has 3 heteroatoms. The zero-order valence-electron chi connectivity index (χ0n) is 8.13. The predicted octanol–water partition coefficient (Wildman–Crippen LogP) is 2.53. The molecule has 13 heavy (non-hydrogen) atoms. The molecule has 72 valence electrons. The van der Waals surface area contributed by atoms with Crippen molar-refractivity contribution >= 4 is 22.6 Å². The zero-order valence-corrected chi connectivity index (χ0v) is 10.3. The van der Waals surface area contributed by atoms with Crippen molar-refractivity contribution in [3.8, 4) is 0 Å². The van der Waals surface area contributed by atoms with Gasteiger partial charge in [0.2, 0.25) is 0 Å². The first-order chi connectivity index (χ1) is 6.26. The average molecular weight is 290 g/mol. The minimum Gasteiger partial charge on any atom is -0.298 e. The lowest BCUT2D eigenvalue weighted by atomic mass is 10.3. The fourth-order valence-corrected chi connectivity index (χ4v) is 1.73. The molecule has 0 fully saturated rings. The Morgan fingerprint density at radius 2 is 2.08 bits per heavy atom. The second-order valence-corrected chi connectivity index (χ2v) is 4.17. The molecule has 0 saturated carbocycles. The first kappa shape index (κ1) is 10.9. The van der Waals surface area contributed by atoms with Gasteiger partial charge in [-0.1, -0.05) is 13.8 Å². The zero-order chi connectivity index (χ0) is 9.68. The number of hydrogen-bond acceptors (Lipinski definition) is 2. The van der Waals surface area contributed by atoms with Gasteiger partial charge in [-0.15, -0.1) is 0 Å². The molecule has 0 aliphatic rings. The van der Waals surface area contributed by atoms with E-state index in [2.05, 4.69) is 52.4 Å². The fraction of sp³-hybridized carbons (Fsp3) is 0.500. The van der Waals surface area contributed by atoms with Gasteiger partial charge in [-0.25, -0.2) is 0 Å². The van der Waals surface area contributed by atoms with Crippen LogP contribution in [0.5, 0.6) is 0 Å². The molecule has 1 heterocycles. The number of hydrogen-bond donors (Lipinski definition) is 0. The van der Waals surface area contributed by atoms with Crippen molar-refractivity contribution in [2.45, 2.75) is 20.4 Å². The van der Waals surface area contributed by atoms with Crippen LogP contribution in [-0.2, 0) is 6.54 Å². The Kier molecular flexibility index (Phi) is 4.66. The van der Waals surface area contributed by atoms with E-state index < -0.39 is 0 Å². The summed E-state index contributed by atoms with van der Waals surface area (Å²) in [6, 6.07) is 4.16. The van der Waals surface area contributed by atoms with Gasteiger partial charge in [0.15, 0.2) is 0 Å². The van der Waals surface area contributed by atoms with E-state index >= 15 is 0 Å². The van der Waals surface area contributed by atoms with Crippen molar-refractivity contribution < 1.29 is 0 Å². The summed E-state index contributed by atoms with van der Waals surface area (Å²) in [6.07, 6.45) is 1.88. The minimum atomic E-state index is 0.962. The highest BCUT2D eigenvalue weighted by Gasteiger charge is 2.01. The van der Waals surface area contributed by atoms with Crippen molar-refractivity contribution in [2.75, 3.05) is 13.1 Å². The molecule has 0 unspecified atom stereocenters. The monoisotopic (exact) mass is 290 g/mol. The molecule has 1 aromatic heterocycles. The summed E-state index contributed by atoms with van der Waals surface area (Å²) in [5.74, 6) is 0. The number of rotatable bonds is 4. The molecule has 0 bridgehead atoms. The van der Waals surface area contributed by atoms with Crippen LogP contribution in [0, 0.1) is 3.57 Å². The molecule has 0 spiro atoms. The summed E-state index contributed by atoms with van der Waals surface area (Å²) in [6.45, 7) is 7.49. The number of aromatic nitrogens is 1. The van der Waals surface area contributed by atoms with Gasteiger partial charge in [0.1, 0.15) is 0 Å². The quantitative estimate of drug-likeness (QED) is 0.792. The van der Waals surface area contributed by atoms with Gasteiger partial charge in [0.05, 0.1) is 5.69 Å². The normalized spacial score (nSPS) is 10.8. The van der Waals surface area contributed by atoms with Crippen molar-refractivity contribution in [2.24, 2.45) is 0 Å². The summed E-state index contributed by atoms with van der Waals surface area (Å²) < 4.78 is 1.26. The topological polar surface area (TPSA) is 16.1 Å². The maximum absolute atomic E-state index is 4.33. The average Bonchev–Trinajstić information content (AvgIpc) is 2.14. The molecule has 0 saturated heterocycles. The largest absolute Gasteiger partial charge is 0.298 e. The standard InChI is InChI=1S/C10H15IN2/c1-3-13(4-2)8-10-7-9(11)5-6-12-10/h5-7H,3-4,8H2,1-2H3. The Balaban J connectivity index is 2.62. The SMILES string of the molecule is CCN(CC)Cc1cc(I)ccn1. The van der Waals surface area contributed by atoms with Gasteiger partial charge < -0.3 is 0 Å². The maximum atomic E-state index is 4.33. The van der Waals surface area contributed by atoms with E-state index in [1.165, 1.54) is 3.57 Å². The first-order valence-corrected chi connectivity index (χ1v) is 5.67. The van der Waals surface area contributed by atoms with E-state index in [0.29, 0.717) is 0 Å². The van der Waals surface area contributed by atoms with Crippen LogP contribution in [0.25, 0.3) is 0 Å². The van der Waals surface area contributed by atoms with Crippen LogP contribution in [0.3, 0.4) is 0 Å². The van der Waals surface area contributed by atoms with E-state index in [0.717, 1.165) is 25.3 Å². The highest BCUT2D eigenvalue weighted by Crippen LogP contribution is 2.06. The van der Waals surface area contributed by atoms with E-state index in [1.54, 1.807) is 0 Å². The van der Waals surface area contributed by atoms with Crippen molar-refractivity contribution in [1.82, 2.24) is 9.88 Å². The van der Waals surface area contributed by atoms with Crippen LogP contribution in [0.15, 0.2) is 18.3 Å². The number of nitrogens with zero attached hydrogens (tertiary/aromatic N) is 2. The molecule has 1 aromatic rings. The van der Waals surface area contributed by atoms with E-state index in [1.807, 2.05) is 12.3 Å². The third-order valence-corrected chi connectivity index (χ3v) is 2.73. The summed E-state index contributed by atoms with van der Waals surface area (Å²) >= 11 is 2.32. The first-order valence-electron chi connectivity index (χ1n) is 4.59. The lowest BCUT2D eigenvalue weighted by Gasteiger charge is -2.17. The summed E-state index contributed by atoms with van der Waals surface area (Å²) in [5, 5.41) is 0. The maximum Gasteiger partial charge on any atom is 0.0554 e. The van der Waals surface area contributed by atoms with Crippen molar-refractivity contribution in [3.05, 3.63) is 27.6 Å². The van der Waals surface area contributed by atoms with Crippen molar-refractivity contribution in [3.63, 3.8) is 0 Å². The molecule has 0 atom stereocenters. The fourth-order valence-electron chi connectivity index (χ4n) is 1.21.